The highest BCUT2D eigenvalue weighted by Gasteiger charge is 2.38. The van der Waals surface area contributed by atoms with E-state index in [1.807, 2.05) is 60.7 Å². The maximum Gasteiger partial charge on any atom is 0.325 e. The maximum absolute atomic E-state index is 13.3. The van der Waals surface area contributed by atoms with Crippen LogP contribution in [-0.2, 0) is 5.75 Å². The van der Waals surface area contributed by atoms with Gasteiger partial charge in [0.2, 0.25) is 5.16 Å². The molecule has 10 heteroatoms. The van der Waals surface area contributed by atoms with Gasteiger partial charge in [0.1, 0.15) is 5.75 Å². The summed E-state index contributed by atoms with van der Waals surface area (Å²) in [6.45, 7) is 0. The number of benzene rings is 3. The number of anilines is 1. The van der Waals surface area contributed by atoms with Gasteiger partial charge in [0, 0.05) is 21.4 Å². The SMILES string of the molecule is O=c1[nH]c(SCc2ccccc2Cl)n[n+]2c1-c1ccccc1N[C@@H]2c1cc(I)c(O)c(I)c1. The summed E-state index contributed by atoms with van der Waals surface area (Å²) in [7, 11) is 0. The molecule has 2 heterocycles. The van der Waals surface area contributed by atoms with Gasteiger partial charge in [0.25, 0.3) is 6.17 Å². The molecule has 166 valence electrons. The van der Waals surface area contributed by atoms with Crippen molar-refractivity contribution in [3.8, 4) is 17.0 Å². The zero-order valence-corrected chi connectivity index (χ0v) is 22.7. The van der Waals surface area contributed by atoms with E-state index in [2.05, 4.69) is 55.5 Å². The number of hydrogen-bond acceptors (Lipinski definition) is 5. The first-order valence-electron chi connectivity index (χ1n) is 9.88. The third kappa shape index (κ3) is 4.47. The van der Waals surface area contributed by atoms with Crippen LogP contribution in [0.3, 0.4) is 0 Å². The molecular weight excluding hydrogens is 686 g/mol. The van der Waals surface area contributed by atoms with Gasteiger partial charge in [-0.05, 0) is 85.8 Å². The minimum atomic E-state index is -0.417. The first-order chi connectivity index (χ1) is 15.9. The van der Waals surface area contributed by atoms with E-state index in [-0.39, 0.29) is 11.3 Å². The molecule has 0 bridgehead atoms. The van der Waals surface area contributed by atoms with Crippen molar-refractivity contribution in [3.05, 3.63) is 94.3 Å². The highest BCUT2D eigenvalue weighted by atomic mass is 127. The number of phenolic OH excluding ortho intramolecular Hbond substituents is 1. The fraction of sp³-hybridized carbons (Fsp3) is 0.0870. The molecule has 3 N–H and O–H groups in total. The number of aromatic amines is 1. The van der Waals surface area contributed by atoms with E-state index >= 15 is 0 Å². The van der Waals surface area contributed by atoms with Crippen LogP contribution in [0.5, 0.6) is 5.75 Å². The number of halogens is 3. The van der Waals surface area contributed by atoms with Gasteiger partial charge < -0.3 is 10.4 Å². The molecule has 5 rings (SSSR count). The van der Waals surface area contributed by atoms with Crippen LogP contribution in [0.1, 0.15) is 17.3 Å². The molecule has 1 aliphatic rings. The van der Waals surface area contributed by atoms with Crippen molar-refractivity contribution in [1.29, 1.82) is 0 Å². The third-order valence-corrected chi connectivity index (χ3v) is 8.19. The van der Waals surface area contributed by atoms with E-state index in [4.69, 9.17) is 16.7 Å². The lowest BCUT2D eigenvalue weighted by molar-refractivity contribution is -0.759. The van der Waals surface area contributed by atoms with Gasteiger partial charge in [-0.2, -0.15) is 0 Å². The van der Waals surface area contributed by atoms with Crippen LogP contribution in [-0.4, -0.2) is 15.2 Å². The van der Waals surface area contributed by atoms with Crippen LogP contribution in [0.25, 0.3) is 11.3 Å². The number of nitrogens with one attached hydrogen (secondary N) is 2. The first kappa shape index (κ1) is 22.9. The average molecular weight is 702 g/mol. The maximum atomic E-state index is 13.3. The van der Waals surface area contributed by atoms with E-state index in [0.29, 0.717) is 21.6 Å². The standard InChI is InChI=1S/C23H15ClI2N4O2S/c24-15-7-3-1-5-12(15)11-33-23-28-22(32)19-14-6-2-4-8-18(14)27-21(30(19)29-23)13-9-16(25)20(31)17(26)10-13/h1-10,21H,11H2,(H2,28,29,31,32)/p+1/t21-/m0/s1. The second kappa shape index (κ2) is 9.43. The monoisotopic (exact) mass is 701 g/mol. The summed E-state index contributed by atoms with van der Waals surface area (Å²) in [6, 6.07) is 19.1. The number of aromatic hydroxyl groups is 1. The minimum Gasteiger partial charge on any atom is -0.506 e. The zero-order valence-electron chi connectivity index (χ0n) is 16.8. The summed E-state index contributed by atoms with van der Waals surface area (Å²) >= 11 is 11.9. The van der Waals surface area contributed by atoms with E-state index in [1.165, 1.54) is 11.8 Å². The molecule has 0 saturated heterocycles. The predicted molar refractivity (Wildman–Crippen MR) is 147 cm³/mol. The Kier molecular flexibility index (Phi) is 6.56. The van der Waals surface area contributed by atoms with Crippen LogP contribution in [0.15, 0.2) is 70.6 Å². The number of fused-ring (bicyclic) bond motifs is 3. The van der Waals surface area contributed by atoms with Crippen molar-refractivity contribution in [1.82, 2.24) is 10.1 Å². The summed E-state index contributed by atoms with van der Waals surface area (Å²) in [6.07, 6.45) is -0.417. The topological polar surface area (TPSA) is 81.9 Å². The Balaban J connectivity index is 1.62. The van der Waals surface area contributed by atoms with Crippen molar-refractivity contribution in [2.75, 3.05) is 5.32 Å². The van der Waals surface area contributed by atoms with Crippen LogP contribution >= 0.6 is 68.5 Å². The Morgan fingerprint density at radius 3 is 2.55 bits per heavy atom. The van der Waals surface area contributed by atoms with Crippen LogP contribution in [0, 0.1) is 7.14 Å². The number of hydrogen-bond donors (Lipinski definition) is 3. The minimum absolute atomic E-state index is 0.214. The Morgan fingerprint density at radius 2 is 1.79 bits per heavy atom. The lowest BCUT2D eigenvalue weighted by atomic mass is 10.0. The summed E-state index contributed by atoms with van der Waals surface area (Å²) in [5.41, 5.74) is 3.76. The van der Waals surface area contributed by atoms with Crippen LogP contribution < -0.4 is 15.6 Å². The molecule has 0 unspecified atom stereocenters. The van der Waals surface area contributed by atoms with Crippen molar-refractivity contribution < 1.29 is 9.79 Å². The first-order valence-corrected chi connectivity index (χ1v) is 13.4. The molecule has 33 heavy (non-hydrogen) atoms. The average Bonchev–Trinajstić information content (AvgIpc) is 2.81. The largest absolute Gasteiger partial charge is 0.506 e. The second-order valence-electron chi connectivity index (χ2n) is 7.36. The Morgan fingerprint density at radius 1 is 1.09 bits per heavy atom. The molecule has 3 aromatic carbocycles. The zero-order chi connectivity index (χ0) is 23.1. The molecule has 0 aliphatic carbocycles. The lowest BCUT2D eigenvalue weighted by Gasteiger charge is -2.22. The molecule has 0 fully saturated rings. The molecular formula is C23H16ClI2N4O2S+. The Hall–Kier alpha value is -1.83. The van der Waals surface area contributed by atoms with Crippen LogP contribution in [0.2, 0.25) is 5.02 Å². The van der Waals surface area contributed by atoms with Gasteiger partial charge in [-0.3, -0.25) is 9.78 Å². The normalized spacial score (nSPS) is 14.3. The van der Waals surface area contributed by atoms with E-state index in [0.717, 1.165) is 29.5 Å². The second-order valence-corrected chi connectivity index (χ2v) is 11.1. The fourth-order valence-electron chi connectivity index (χ4n) is 3.68. The lowest BCUT2D eigenvalue weighted by Crippen LogP contribution is -2.55. The number of nitrogens with zero attached hydrogens (tertiary/aromatic N) is 2. The number of H-pyrrole nitrogens is 1. The highest BCUT2D eigenvalue weighted by molar-refractivity contribution is 14.1. The molecule has 1 atom stereocenters. The smallest absolute Gasteiger partial charge is 0.325 e. The van der Waals surface area contributed by atoms with E-state index < -0.39 is 6.17 Å². The number of rotatable bonds is 4. The molecule has 1 aliphatic heterocycles. The van der Waals surface area contributed by atoms with Gasteiger partial charge in [-0.15, -0.1) is 0 Å². The molecule has 6 nitrogen and oxygen atoms in total. The summed E-state index contributed by atoms with van der Waals surface area (Å²) in [5.74, 6) is 0.822. The Bertz CT molecular complexity index is 1420. The fourth-order valence-corrected chi connectivity index (χ4v) is 6.64. The molecule has 0 spiro atoms. The summed E-state index contributed by atoms with van der Waals surface area (Å²) in [4.78, 5) is 16.2. The molecule has 4 aromatic rings. The van der Waals surface area contributed by atoms with Gasteiger partial charge in [0.05, 0.1) is 18.4 Å². The predicted octanol–water partition coefficient (Wildman–Crippen LogP) is 5.56. The van der Waals surface area contributed by atoms with Crippen molar-refractivity contribution in [2.24, 2.45) is 0 Å². The third-order valence-electron chi connectivity index (χ3n) is 5.26. The van der Waals surface area contributed by atoms with Gasteiger partial charge in [-0.1, -0.05) is 53.7 Å². The van der Waals surface area contributed by atoms with Gasteiger partial charge >= 0.3 is 11.3 Å². The van der Waals surface area contributed by atoms with Crippen molar-refractivity contribution in [2.45, 2.75) is 17.1 Å². The molecule has 0 radical (unpaired) electrons. The summed E-state index contributed by atoms with van der Waals surface area (Å²) < 4.78 is 3.19. The number of aromatic nitrogens is 3. The summed E-state index contributed by atoms with van der Waals surface area (Å²) in [5, 5.41) is 19.7. The van der Waals surface area contributed by atoms with Crippen LogP contribution in [0.4, 0.5) is 5.69 Å². The molecule has 0 saturated carbocycles. The molecule has 0 amide bonds. The number of phenols is 1. The van der Waals surface area contributed by atoms with Crippen molar-refractivity contribution >= 4 is 74.2 Å². The van der Waals surface area contributed by atoms with Crippen molar-refractivity contribution in [3.63, 3.8) is 0 Å². The Labute approximate surface area is 226 Å². The number of para-hydroxylation sites is 1. The quantitative estimate of drug-likeness (QED) is 0.148. The molecule has 1 aromatic heterocycles. The van der Waals surface area contributed by atoms with E-state index in [9.17, 15) is 9.90 Å². The van der Waals surface area contributed by atoms with Gasteiger partial charge in [-0.25, -0.2) is 0 Å². The number of thioether (sulfide) groups is 1. The van der Waals surface area contributed by atoms with Gasteiger partial charge in [0.15, 0.2) is 0 Å². The highest BCUT2D eigenvalue weighted by Crippen LogP contribution is 2.35. The van der Waals surface area contributed by atoms with E-state index in [1.54, 1.807) is 4.68 Å².